The number of thiol groups is 1. The van der Waals surface area contributed by atoms with Crippen molar-refractivity contribution in [3.05, 3.63) is 12.3 Å². The van der Waals surface area contributed by atoms with E-state index in [0.717, 1.165) is 0 Å². The summed E-state index contributed by atoms with van der Waals surface area (Å²) in [5.74, 6) is 0.745. The number of fused-ring (bicyclic) bond motifs is 1. The Morgan fingerprint density at radius 1 is 1.31 bits per heavy atom. The normalized spacial score (nSPS) is 14.5. The lowest BCUT2D eigenvalue weighted by molar-refractivity contribution is 0.163. The van der Waals surface area contributed by atoms with Crippen LogP contribution in [0.5, 0.6) is 11.6 Å². The summed E-state index contributed by atoms with van der Waals surface area (Å²) in [6.07, 6.45) is 1.25. The number of pyridine rings is 1. The summed E-state index contributed by atoms with van der Waals surface area (Å²) >= 11 is 0. The van der Waals surface area contributed by atoms with Crippen LogP contribution in [-0.2, 0) is 10.7 Å². The molecule has 0 N–H and O–H groups in total. The SMILES string of the molecule is O=[SH](=O)c1cnc2c(c1)OCCO2. The molecule has 2 rings (SSSR count). The van der Waals surface area contributed by atoms with Crippen LogP contribution >= 0.6 is 0 Å². The Morgan fingerprint density at radius 2 is 2.08 bits per heavy atom. The molecule has 0 amide bonds. The average molecular weight is 201 g/mol. The highest BCUT2D eigenvalue weighted by Gasteiger charge is 2.13. The van der Waals surface area contributed by atoms with E-state index < -0.39 is 10.7 Å². The first-order valence-corrected chi connectivity index (χ1v) is 4.85. The Morgan fingerprint density at radius 3 is 2.85 bits per heavy atom. The smallest absolute Gasteiger partial charge is 0.257 e. The largest absolute Gasteiger partial charge is 0.484 e. The molecule has 1 aromatic rings. The van der Waals surface area contributed by atoms with Crippen LogP contribution < -0.4 is 9.47 Å². The van der Waals surface area contributed by atoms with E-state index in [4.69, 9.17) is 9.47 Å². The maximum absolute atomic E-state index is 10.6. The fourth-order valence-corrected chi connectivity index (χ4v) is 1.40. The van der Waals surface area contributed by atoms with Gasteiger partial charge in [0, 0.05) is 12.3 Å². The van der Waals surface area contributed by atoms with Crippen LogP contribution in [-0.4, -0.2) is 26.6 Å². The minimum atomic E-state index is -2.61. The van der Waals surface area contributed by atoms with E-state index >= 15 is 0 Å². The van der Waals surface area contributed by atoms with Crippen LogP contribution in [0.15, 0.2) is 17.2 Å². The van der Waals surface area contributed by atoms with Crippen LogP contribution in [0.1, 0.15) is 0 Å². The lowest BCUT2D eigenvalue weighted by atomic mass is 10.4. The van der Waals surface area contributed by atoms with Gasteiger partial charge in [-0.15, -0.1) is 0 Å². The van der Waals surface area contributed by atoms with Gasteiger partial charge in [0.2, 0.25) is 0 Å². The van der Waals surface area contributed by atoms with E-state index in [1.807, 2.05) is 0 Å². The zero-order chi connectivity index (χ0) is 9.26. The molecule has 0 saturated carbocycles. The second-order valence-electron chi connectivity index (χ2n) is 2.45. The predicted octanol–water partition coefficient (Wildman–Crippen LogP) is -0.177. The Labute approximate surface area is 76.3 Å². The molecule has 1 aromatic heterocycles. The summed E-state index contributed by atoms with van der Waals surface area (Å²) in [6, 6.07) is 1.41. The highest BCUT2D eigenvalue weighted by Crippen LogP contribution is 2.28. The summed E-state index contributed by atoms with van der Waals surface area (Å²) in [5.41, 5.74) is 0. The summed E-state index contributed by atoms with van der Waals surface area (Å²) in [7, 11) is -2.61. The molecule has 1 aliphatic heterocycles. The number of rotatable bonds is 1. The van der Waals surface area contributed by atoms with Gasteiger partial charge in [-0.1, -0.05) is 0 Å². The minimum Gasteiger partial charge on any atom is -0.484 e. The summed E-state index contributed by atoms with van der Waals surface area (Å²) in [4.78, 5) is 3.95. The van der Waals surface area contributed by atoms with Crippen molar-refractivity contribution in [2.45, 2.75) is 4.90 Å². The van der Waals surface area contributed by atoms with E-state index in [-0.39, 0.29) is 4.90 Å². The van der Waals surface area contributed by atoms with E-state index in [2.05, 4.69) is 4.98 Å². The summed E-state index contributed by atoms with van der Waals surface area (Å²) in [6.45, 7) is 0.872. The van der Waals surface area contributed by atoms with Crippen molar-refractivity contribution in [3.63, 3.8) is 0 Å². The molecule has 0 radical (unpaired) electrons. The van der Waals surface area contributed by atoms with E-state index in [0.29, 0.717) is 24.8 Å². The van der Waals surface area contributed by atoms with Gasteiger partial charge in [-0.2, -0.15) is 0 Å². The monoisotopic (exact) mass is 201 g/mol. The molecule has 0 unspecified atom stereocenters. The molecule has 0 spiro atoms. The zero-order valence-electron chi connectivity index (χ0n) is 6.60. The standard InChI is InChI=1S/C7H7NO4S/c9-13(10)5-3-6-7(8-4-5)12-2-1-11-6/h3-4,13H,1-2H2. The molecular weight excluding hydrogens is 194 g/mol. The van der Waals surface area contributed by atoms with E-state index in [9.17, 15) is 8.42 Å². The van der Waals surface area contributed by atoms with Crippen LogP contribution in [0.2, 0.25) is 0 Å². The van der Waals surface area contributed by atoms with Gasteiger partial charge in [0.15, 0.2) is 16.5 Å². The zero-order valence-corrected chi connectivity index (χ0v) is 7.49. The van der Waals surface area contributed by atoms with Gasteiger partial charge < -0.3 is 9.47 Å². The quantitative estimate of drug-likeness (QED) is 0.639. The number of hydrogen-bond donors (Lipinski definition) is 1. The van der Waals surface area contributed by atoms with Crippen LogP contribution in [0, 0.1) is 0 Å². The summed E-state index contributed by atoms with van der Waals surface area (Å²) < 4.78 is 31.5. The van der Waals surface area contributed by atoms with Crippen molar-refractivity contribution in [2.75, 3.05) is 13.2 Å². The molecule has 1 aliphatic rings. The second kappa shape index (κ2) is 3.21. The predicted molar refractivity (Wildman–Crippen MR) is 43.8 cm³/mol. The molecule has 70 valence electrons. The number of ether oxygens (including phenoxy) is 2. The van der Waals surface area contributed by atoms with Gasteiger partial charge in [-0.25, -0.2) is 13.4 Å². The van der Waals surface area contributed by atoms with Crippen molar-refractivity contribution >= 4 is 10.7 Å². The highest BCUT2D eigenvalue weighted by atomic mass is 32.2. The molecule has 6 heteroatoms. The maximum atomic E-state index is 10.6. The average Bonchev–Trinajstić information content (AvgIpc) is 2.17. The lowest BCUT2D eigenvalue weighted by Crippen LogP contribution is -2.16. The molecular formula is C7H7NO4S. The maximum Gasteiger partial charge on any atom is 0.257 e. The van der Waals surface area contributed by atoms with Crippen LogP contribution in [0.25, 0.3) is 0 Å². The Hall–Kier alpha value is -1.30. The Kier molecular flexibility index (Phi) is 2.05. The van der Waals surface area contributed by atoms with Crippen molar-refractivity contribution in [2.24, 2.45) is 0 Å². The second-order valence-corrected chi connectivity index (χ2v) is 3.48. The molecule has 0 aromatic carbocycles. The molecule has 0 bridgehead atoms. The third kappa shape index (κ3) is 1.57. The topological polar surface area (TPSA) is 65.5 Å². The molecule has 0 aliphatic carbocycles. The van der Waals surface area contributed by atoms with Gasteiger partial charge in [0.05, 0.1) is 4.90 Å². The van der Waals surface area contributed by atoms with E-state index in [1.54, 1.807) is 0 Å². The number of aromatic nitrogens is 1. The summed E-state index contributed by atoms with van der Waals surface area (Å²) in [5, 5.41) is 0. The van der Waals surface area contributed by atoms with Crippen molar-refractivity contribution in [3.8, 4) is 11.6 Å². The third-order valence-electron chi connectivity index (χ3n) is 1.59. The van der Waals surface area contributed by atoms with Crippen molar-refractivity contribution in [1.29, 1.82) is 0 Å². The fourth-order valence-electron chi connectivity index (χ4n) is 1.02. The molecule has 2 heterocycles. The Balaban J connectivity index is 2.46. The molecule has 0 atom stereocenters. The molecule has 5 nitrogen and oxygen atoms in total. The minimum absolute atomic E-state index is 0.138. The first-order chi connectivity index (χ1) is 6.27. The molecule has 13 heavy (non-hydrogen) atoms. The van der Waals surface area contributed by atoms with Gasteiger partial charge in [-0.3, -0.25) is 0 Å². The highest BCUT2D eigenvalue weighted by molar-refractivity contribution is 7.72. The van der Waals surface area contributed by atoms with Gasteiger partial charge in [0.1, 0.15) is 13.2 Å². The van der Waals surface area contributed by atoms with Crippen LogP contribution in [0.3, 0.4) is 0 Å². The van der Waals surface area contributed by atoms with E-state index in [1.165, 1.54) is 12.3 Å². The third-order valence-corrected chi connectivity index (χ3v) is 2.26. The van der Waals surface area contributed by atoms with Gasteiger partial charge in [-0.05, 0) is 0 Å². The Bertz CT molecular complexity index is 393. The molecule has 0 saturated heterocycles. The first-order valence-electron chi connectivity index (χ1n) is 3.67. The lowest BCUT2D eigenvalue weighted by Gasteiger charge is -2.16. The number of hydrogen-bond acceptors (Lipinski definition) is 5. The number of nitrogens with zero attached hydrogens (tertiary/aromatic N) is 1. The van der Waals surface area contributed by atoms with Crippen molar-refractivity contribution < 1.29 is 17.9 Å². The van der Waals surface area contributed by atoms with Crippen molar-refractivity contribution in [1.82, 2.24) is 4.98 Å². The fraction of sp³-hybridized carbons (Fsp3) is 0.286. The van der Waals surface area contributed by atoms with Gasteiger partial charge >= 0.3 is 0 Å². The van der Waals surface area contributed by atoms with Gasteiger partial charge in [0.25, 0.3) is 5.88 Å². The first kappa shape index (κ1) is 8.31. The van der Waals surface area contributed by atoms with Crippen LogP contribution in [0.4, 0.5) is 0 Å². The molecule has 0 fully saturated rings.